The van der Waals surface area contributed by atoms with E-state index in [0.717, 1.165) is 21.0 Å². The van der Waals surface area contributed by atoms with Crippen LogP contribution in [0.5, 0.6) is 0 Å². The fourth-order valence-corrected chi connectivity index (χ4v) is 3.82. The summed E-state index contributed by atoms with van der Waals surface area (Å²) in [6.07, 6.45) is 0. The molecule has 0 bridgehead atoms. The van der Waals surface area contributed by atoms with Gasteiger partial charge in [-0.05, 0) is 67.4 Å². The number of aromatic nitrogens is 1. The Bertz CT molecular complexity index is 1390. The molecule has 0 saturated heterocycles. The molecule has 166 valence electrons. The van der Waals surface area contributed by atoms with Gasteiger partial charge in [-0.25, -0.2) is 4.68 Å². The molecule has 4 aromatic rings. The van der Waals surface area contributed by atoms with E-state index in [4.69, 9.17) is 0 Å². The zero-order valence-electron chi connectivity index (χ0n) is 18.0. The molecular formula is C25H21BrN4O3. The number of benzene rings is 3. The van der Waals surface area contributed by atoms with Crippen LogP contribution in [0.3, 0.4) is 0 Å². The third-order valence-corrected chi connectivity index (χ3v) is 5.58. The van der Waals surface area contributed by atoms with Crippen LogP contribution in [0.2, 0.25) is 0 Å². The summed E-state index contributed by atoms with van der Waals surface area (Å²) in [6, 6.07) is 21.6. The maximum absolute atomic E-state index is 13.1. The number of para-hydroxylation sites is 1. The van der Waals surface area contributed by atoms with Gasteiger partial charge in [-0.1, -0.05) is 46.3 Å². The number of amides is 3. The van der Waals surface area contributed by atoms with Crippen molar-refractivity contribution in [1.82, 2.24) is 4.68 Å². The molecule has 4 rings (SSSR count). The summed E-state index contributed by atoms with van der Waals surface area (Å²) < 4.78 is 2.15. The van der Waals surface area contributed by atoms with Crippen LogP contribution in [-0.4, -0.2) is 22.4 Å². The van der Waals surface area contributed by atoms with E-state index in [2.05, 4.69) is 32.0 Å². The Balaban J connectivity index is 1.64. The molecule has 0 aliphatic rings. The lowest BCUT2D eigenvalue weighted by Crippen LogP contribution is -2.36. The maximum Gasteiger partial charge on any atom is 0.328 e. The van der Waals surface area contributed by atoms with Crippen molar-refractivity contribution in [2.24, 2.45) is 0 Å². The van der Waals surface area contributed by atoms with Crippen LogP contribution in [0, 0.1) is 13.8 Å². The van der Waals surface area contributed by atoms with Crippen LogP contribution >= 0.6 is 15.9 Å². The number of nitrogens with zero attached hydrogens (tertiary/aromatic N) is 1. The molecule has 0 aliphatic heterocycles. The highest BCUT2D eigenvalue weighted by molar-refractivity contribution is 9.10. The first-order valence-corrected chi connectivity index (χ1v) is 11.0. The summed E-state index contributed by atoms with van der Waals surface area (Å²) in [5.41, 5.74) is 6.33. The predicted molar refractivity (Wildman–Crippen MR) is 133 cm³/mol. The number of rotatable bonds is 4. The van der Waals surface area contributed by atoms with Crippen LogP contribution in [0.4, 0.5) is 11.4 Å². The lowest BCUT2D eigenvalue weighted by molar-refractivity contribution is -0.133. The number of aryl methyl sites for hydroxylation is 2. The molecule has 33 heavy (non-hydrogen) atoms. The largest absolute Gasteiger partial charge is 0.328 e. The van der Waals surface area contributed by atoms with E-state index in [1.165, 1.54) is 4.68 Å². The highest BCUT2D eigenvalue weighted by Crippen LogP contribution is 2.24. The van der Waals surface area contributed by atoms with Gasteiger partial charge >= 0.3 is 11.8 Å². The van der Waals surface area contributed by atoms with Gasteiger partial charge in [-0.3, -0.25) is 19.8 Å². The van der Waals surface area contributed by atoms with E-state index in [0.29, 0.717) is 16.9 Å². The Morgan fingerprint density at radius 2 is 1.61 bits per heavy atom. The van der Waals surface area contributed by atoms with Crippen molar-refractivity contribution in [3.63, 3.8) is 0 Å². The number of halogens is 1. The zero-order valence-corrected chi connectivity index (χ0v) is 19.6. The van der Waals surface area contributed by atoms with Gasteiger partial charge in [0.15, 0.2) is 0 Å². The summed E-state index contributed by atoms with van der Waals surface area (Å²) in [4.78, 5) is 38.4. The molecule has 1 heterocycles. The summed E-state index contributed by atoms with van der Waals surface area (Å²) in [7, 11) is 0. The number of fused-ring (bicyclic) bond motifs is 1. The molecule has 0 unspecified atom stereocenters. The molecule has 0 aliphatic carbocycles. The first kappa shape index (κ1) is 22.3. The van der Waals surface area contributed by atoms with E-state index in [1.54, 1.807) is 42.5 Å². The van der Waals surface area contributed by atoms with Crippen molar-refractivity contribution in [3.8, 4) is 0 Å². The lowest BCUT2D eigenvalue weighted by atomic mass is 10.2. The second-order valence-corrected chi connectivity index (χ2v) is 8.52. The molecule has 8 heteroatoms. The van der Waals surface area contributed by atoms with E-state index in [-0.39, 0.29) is 5.69 Å². The molecule has 0 radical (unpaired) electrons. The van der Waals surface area contributed by atoms with Crippen molar-refractivity contribution >= 4 is 55.9 Å². The van der Waals surface area contributed by atoms with Gasteiger partial charge in [0.05, 0.1) is 5.52 Å². The van der Waals surface area contributed by atoms with Gasteiger partial charge in [-0.15, -0.1) is 0 Å². The fourth-order valence-electron chi connectivity index (χ4n) is 3.44. The molecule has 0 fully saturated rings. The van der Waals surface area contributed by atoms with Gasteiger partial charge < -0.3 is 10.6 Å². The van der Waals surface area contributed by atoms with E-state index >= 15 is 0 Å². The third-order valence-electron chi connectivity index (χ3n) is 5.09. The van der Waals surface area contributed by atoms with Crippen molar-refractivity contribution in [1.29, 1.82) is 0 Å². The van der Waals surface area contributed by atoms with Crippen molar-refractivity contribution in [3.05, 3.63) is 94.1 Å². The SMILES string of the molecule is Cc1cccc(NC(=O)C(=O)Nn2c(C(=O)Nc3ccccc3C)cc3cc(Br)ccc32)c1. The zero-order chi connectivity index (χ0) is 23.5. The smallest absolute Gasteiger partial charge is 0.320 e. The topological polar surface area (TPSA) is 92.2 Å². The monoisotopic (exact) mass is 504 g/mol. The highest BCUT2D eigenvalue weighted by Gasteiger charge is 2.21. The summed E-state index contributed by atoms with van der Waals surface area (Å²) in [5.74, 6) is -2.16. The highest BCUT2D eigenvalue weighted by atomic mass is 79.9. The van der Waals surface area contributed by atoms with Gasteiger partial charge in [-0.2, -0.15) is 0 Å². The lowest BCUT2D eigenvalue weighted by Gasteiger charge is -2.13. The Labute approximate surface area is 198 Å². The van der Waals surface area contributed by atoms with Crippen LogP contribution in [0.15, 0.2) is 77.3 Å². The molecule has 3 N–H and O–H groups in total. The van der Waals surface area contributed by atoms with E-state index in [1.807, 2.05) is 44.2 Å². The average molecular weight is 505 g/mol. The summed E-state index contributed by atoms with van der Waals surface area (Å²) in [5, 5.41) is 6.16. The number of hydrogen-bond donors (Lipinski definition) is 3. The van der Waals surface area contributed by atoms with Crippen LogP contribution in [0.25, 0.3) is 10.9 Å². The minimum Gasteiger partial charge on any atom is -0.320 e. The van der Waals surface area contributed by atoms with Gasteiger partial charge in [0.25, 0.3) is 5.91 Å². The van der Waals surface area contributed by atoms with E-state index in [9.17, 15) is 14.4 Å². The first-order chi connectivity index (χ1) is 15.8. The molecule has 3 aromatic carbocycles. The molecular weight excluding hydrogens is 484 g/mol. The molecule has 7 nitrogen and oxygen atoms in total. The quantitative estimate of drug-likeness (QED) is 0.342. The standard InChI is InChI=1S/C25H21BrN4O3/c1-15-6-5-8-19(12-15)27-24(32)25(33)29-30-21-11-10-18(26)13-17(21)14-22(30)23(31)28-20-9-4-3-7-16(20)2/h3-14H,1-2H3,(H,27,32)(H,28,31)(H,29,33). The van der Waals surface area contributed by atoms with E-state index < -0.39 is 17.7 Å². The van der Waals surface area contributed by atoms with Crippen LogP contribution in [0.1, 0.15) is 21.6 Å². The number of carbonyl (C=O) groups excluding carboxylic acids is 3. The third kappa shape index (κ3) is 4.96. The average Bonchev–Trinajstić information content (AvgIpc) is 3.12. The second-order valence-electron chi connectivity index (χ2n) is 7.60. The van der Waals surface area contributed by atoms with Crippen molar-refractivity contribution < 1.29 is 14.4 Å². The normalized spacial score (nSPS) is 10.6. The minimum atomic E-state index is -0.901. The summed E-state index contributed by atoms with van der Waals surface area (Å²) in [6.45, 7) is 3.78. The van der Waals surface area contributed by atoms with Crippen LogP contribution < -0.4 is 16.1 Å². The number of carbonyl (C=O) groups is 3. The Morgan fingerprint density at radius 3 is 2.36 bits per heavy atom. The Hall–Kier alpha value is -3.91. The van der Waals surface area contributed by atoms with Crippen molar-refractivity contribution in [2.75, 3.05) is 16.1 Å². The molecule has 1 aromatic heterocycles. The number of hydrogen-bond acceptors (Lipinski definition) is 3. The number of anilines is 2. The van der Waals surface area contributed by atoms with Gasteiger partial charge in [0.1, 0.15) is 5.69 Å². The molecule has 3 amide bonds. The fraction of sp³-hybridized carbons (Fsp3) is 0.0800. The van der Waals surface area contributed by atoms with Gasteiger partial charge in [0.2, 0.25) is 0 Å². The number of nitrogens with one attached hydrogen (secondary N) is 3. The van der Waals surface area contributed by atoms with Gasteiger partial charge in [0, 0.05) is 21.2 Å². The molecule has 0 atom stereocenters. The Morgan fingerprint density at radius 1 is 0.818 bits per heavy atom. The van der Waals surface area contributed by atoms with Crippen molar-refractivity contribution in [2.45, 2.75) is 13.8 Å². The first-order valence-electron chi connectivity index (χ1n) is 10.2. The summed E-state index contributed by atoms with van der Waals surface area (Å²) >= 11 is 3.42. The Kier molecular flexibility index (Phi) is 6.28. The molecule has 0 spiro atoms. The van der Waals surface area contributed by atoms with Crippen LogP contribution in [-0.2, 0) is 9.59 Å². The predicted octanol–water partition coefficient (Wildman–Crippen LogP) is 4.98. The second kappa shape index (κ2) is 9.30. The minimum absolute atomic E-state index is 0.183. The molecule has 0 saturated carbocycles. The maximum atomic E-state index is 13.1.